The van der Waals surface area contributed by atoms with E-state index < -0.39 is 23.8 Å². The number of halogens is 3. The Labute approximate surface area is 165 Å². The van der Waals surface area contributed by atoms with Gasteiger partial charge in [-0.2, -0.15) is 13.2 Å². The summed E-state index contributed by atoms with van der Waals surface area (Å²) in [6.07, 6.45) is 3.01. The van der Waals surface area contributed by atoms with Crippen molar-refractivity contribution in [3.05, 3.63) is 71.8 Å². The van der Waals surface area contributed by atoms with Crippen LogP contribution in [0.4, 0.5) is 19.0 Å². The van der Waals surface area contributed by atoms with Gasteiger partial charge in [-0.15, -0.1) is 0 Å². The van der Waals surface area contributed by atoms with Crippen molar-refractivity contribution in [3.8, 4) is 0 Å². The molecule has 1 aromatic carbocycles. The number of alkyl halides is 3. The second-order valence-electron chi connectivity index (χ2n) is 6.57. The minimum absolute atomic E-state index is 0.178. The van der Waals surface area contributed by atoms with Crippen LogP contribution in [0.1, 0.15) is 24.5 Å². The van der Waals surface area contributed by atoms with Crippen LogP contribution in [-0.4, -0.2) is 32.4 Å². The molecule has 152 valence electrons. The van der Waals surface area contributed by atoms with Crippen molar-refractivity contribution in [3.63, 3.8) is 0 Å². The maximum atomic E-state index is 12.8. The molecule has 0 spiro atoms. The molecule has 2 N–H and O–H groups in total. The number of amides is 1. The van der Waals surface area contributed by atoms with Crippen LogP contribution in [0.25, 0.3) is 0 Å². The van der Waals surface area contributed by atoms with E-state index in [9.17, 15) is 23.1 Å². The standard InChI is InChI=1S/C20H19F3N4O2/c1-13(28)17-7-3-5-15(9-24-17)19(29)26-18-11-27(12-25-18)10-14-4-2-6-16(8-14)20(21,22)23/h2-6,8-9,11-13,28H,7,10H2,1H3,(H,26,29). The molecule has 2 aromatic rings. The molecule has 2 heterocycles. The lowest BCUT2D eigenvalue weighted by molar-refractivity contribution is -0.137. The quantitative estimate of drug-likeness (QED) is 0.800. The largest absolute Gasteiger partial charge is 0.416 e. The third-order valence-electron chi connectivity index (χ3n) is 4.23. The summed E-state index contributed by atoms with van der Waals surface area (Å²) in [6.45, 7) is 1.78. The zero-order valence-corrected chi connectivity index (χ0v) is 15.5. The van der Waals surface area contributed by atoms with Gasteiger partial charge in [0.1, 0.15) is 0 Å². The third-order valence-corrected chi connectivity index (χ3v) is 4.23. The molecular weight excluding hydrogens is 385 g/mol. The van der Waals surface area contributed by atoms with Crippen LogP contribution in [0.5, 0.6) is 0 Å². The Morgan fingerprint density at radius 1 is 1.38 bits per heavy atom. The van der Waals surface area contributed by atoms with Gasteiger partial charge in [0.05, 0.1) is 23.6 Å². The third kappa shape index (κ3) is 5.41. The molecule has 1 aromatic heterocycles. The summed E-state index contributed by atoms with van der Waals surface area (Å²) >= 11 is 0. The van der Waals surface area contributed by atoms with E-state index in [1.54, 1.807) is 29.7 Å². The summed E-state index contributed by atoms with van der Waals surface area (Å²) in [6, 6.07) is 5.04. The average molecular weight is 404 g/mol. The first-order valence-electron chi connectivity index (χ1n) is 8.83. The predicted molar refractivity (Wildman–Crippen MR) is 102 cm³/mol. The lowest BCUT2D eigenvalue weighted by Gasteiger charge is -2.09. The molecule has 1 unspecified atom stereocenters. The summed E-state index contributed by atoms with van der Waals surface area (Å²) < 4.78 is 40.1. The number of hydrogen-bond acceptors (Lipinski definition) is 4. The van der Waals surface area contributed by atoms with Crippen LogP contribution in [-0.2, 0) is 17.5 Å². The number of nitrogens with one attached hydrogen (secondary N) is 1. The molecule has 1 amide bonds. The number of nitrogens with zero attached hydrogens (tertiary/aromatic N) is 3. The predicted octanol–water partition coefficient (Wildman–Crippen LogP) is 3.55. The number of carbonyl (C=O) groups is 1. The van der Waals surface area contributed by atoms with Gasteiger partial charge in [-0.3, -0.25) is 9.79 Å². The number of allylic oxidation sites excluding steroid dienone is 1. The van der Waals surface area contributed by atoms with Crippen molar-refractivity contribution >= 4 is 17.4 Å². The van der Waals surface area contributed by atoms with Crippen molar-refractivity contribution < 1.29 is 23.1 Å². The fourth-order valence-corrected chi connectivity index (χ4v) is 2.72. The van der Waals surface area contributed by atoms with Gasteiger partial charge in [0.15, 0.2) is 5.82 Å². The Balaban J connectivity index is 1.67. The Kier molecular flexibility index (Phi) is 5.97. The molecule has 0 aliphatic carbocycles. The van der Waals surface area contributed by atoms with Crippen molar-refractivity contribution in [1.82, 2.24) is 9.55 Å². The smallest absolute Gasteiger partial charge is 0.387 e. The number of aliphatic imine (C=N–C) groups is 1. The van der Waals surface area contributed by atoms with E-state index in [2.05, 4.69) is 15.3 Å². The highest BCUT2D eigenvalue weighted by Crippen LogP contribution is 2.29. The highest BCUT2D eigenvalue weighted by Gasteiger charge is 2.30. The highest BCUT2D eigenvalue weighted by atomic mass is 19.4. The summed E-state index contributed by atoms with van der Waals surface area (Å²) in [5.41, 5.74) is 0.597. The molecule has 0 bridgehead atoms. The van der Waals surface area contributed by atoms with Crippen LogP contribution < -0.4 is 5.32 Å². The fraction of sp³-hybridized carbons (Fsp3) is 0.250. The summed E-state index contributed by atoms with van der Waals surface area (Å²) in [5.74, 6) is -0.165. The first kappa shape index (κ1) is 20.5. The van der Waals surface area contributed by atoms with E-state index in [-0.39, 0.29) is 12.4 Å². The lowest BCUT2D eigenvalue weighted by Crippen LogP contribution is -2.14. The van der Waals surface area contributed by atoms with Gasteiger partial charge in [0.2, 0.25) is 0 Å². The molecule has 0 radical (unpaired) electrons. The lowest BCUT2D eigenvalue weighted by atomic mass is 10.1. The van der Waals surface area contributed by atoms with E-state index in [1.165, 1.54) is 24.8 Å². The number of aliphatic hydroxyl groups is 1. The van der Waals surface area contributed by atoms with Gasteiger partial charge in [-0.05, 0) is 24.6 Å². The van der Waals surface area contributed by atoms with Crippen LogP contribution in [0.3, 0.4) is 0 Å². The SMILES string of the molecule is CC(O)C1=NC=C(C(=O)Nc2cn(Cc3cccc(C(F)(F)F)c3)cn2)C=CC1. The van der Waals surface area contributed by atoms with Crippen LogP contribution in [0.15, 0.2) is 65.7 Å². The van der Waals surface area contributed by atoms with E-state index in [0.29, 0.717) is 23.3 Å². The van der Waals surface area contributed by atoms with Gasteiger partial charge in [0, 0.05) is 31.1 Å². The van der Waals surface area contributed by atoms with Crippen molar-refractivity contribution in [2.45, 2.75) is 32.2 Å². The maximum Gasteiger partial charge on any atom is 0.416 e. The number of anilines is 1. The molecule has 0 saturated heterocycles. The molecule has 1 atom stereocenters. The summed E-state index contributed by atoms with van der Waals surface area (Å²) in [7, 11) is 0. The zero-order chi connectivity index (χ0) is 21.0. The van der Waals surface area contributed by atoms with Gasteiger partial charge >= 0.3 is 6.18 Å². The van der Waals surface area contributed by atoms with Gasteiger partial charge in [0.25, 0.3) is 5.91 Å². The average Bonchev–Trinajstić information content (AvgIpc) is 2.93. The molecular formula is C20H19F3N4O2. The Bertz CT molecular complexity index is 988. The number of imidazole rings is 1. The van der Waals surface area contributed by atoms with Gasteiger partial charge < -0.3 is 15.0 Å². The number of hydrogen-bond donors (Lipinski definition) is 2. The minimum atomic E-state index is -4.40. The molecule has 1 aliphatic heterocycles. The molecule has 9 heteroatoms. The monoisotopic (exact) mass is 404 g/mol. The van der Waals surface area contributed by atoms with Gasteiger partial charge in [-0.25, -0.2) is 4.98 Å². The number of benzene rings is 1. The van der Waals surface area contributed by atoms with Crippen LogP contribution in [0.2, 0.25) is 0 Å². The second kappa shape index (κ2) is 8.44. The zero-order valence-electron chi connectivity index (χ0n) is 15.5. The number of rotatable bonds is 5. The Morgan fingerprint density at radius 2 is 2.17 bits per heavy atom. The number of aromatic nitrogens is 2. The molecule has 29 heavy (non-hydrogen) atoms. The summed E-state index contributed by atoms with van der Waals surface area (Å²) in [4.78, 5) is 20.6. The maximum absolute atomic E-state index is 12.8. The fourth-order valence-electron chi connectivity index (χ4n) is 2.72. The minimum Gasteiger partial charge on any atom is -0.387 e. The highest BCUT2D eigenvalue weighted by molar-refractivity contribution is 6.06. The topological polar surface area (TPSA) is 79.5 Å². The van der Waals surface area contributed by atoms with E-state index >= 15 is 0 Å². The Morgan fingerprint density at radius 3 is 2.90 bits per heavy atom. The Hall–Kier alpha value is -3.20. The molecule has 1 aliphatic rings. The van der Waals surface area contributed by atoms with Gasteiger partial charge in [-0.1, -0.05) is 24.3 Å². The van der Waals surface area contributed by atoms with E-state index in [4.69, 9.17) is 0 Å². The molecule has 0 fully saturated rings. The van der Waals surface area contributed by atoms with E-state index in [1.807, 2.05) is 0 Å². The van der Waals surface area contributed by atoms with Crippen LogP contribution in [0, 0.1) is 0 Å². The molecule has 3 rings (SSSR count). The van der Waals surface area contributed by atoms with E-state index in [0.717, 1.165) is 12.1 Å². The molecule has 0 saturated carbocycles. The van der Waals surface area contributed by atoms with Crippen LogP contribution >= 0.6 is 0 Å². The second-order valence-corrected chi connectivity index (χ2v) is 6.57. The molecule has 6 nitrogen and oxygen atoms in total. The first-order chi connectivity index (χ1) is 13.7. The van der Waals surface area contributed by atoms with Crippen molar-refractivity contribution in [2.24, 2.45) is 4.99 Å². The summed E-state index contributed by atoms with van der Waals surface area (Å²) in [5, 5.41) is 12.2. The normalized spacial score (nSPS) is 15.3. The number of aliphatic hydroxyl groups excluding tert-OH is 1. The van der Waals surface area contributed by atoms with Crippen molar-refractivity contribution in [2.75, 3.05) is 5.32 Å². The van der Waals surface area contributed by atoms with Crippen molar-refractivity contribution in [1.29, 1.82) is 0 Å². The first-order valence-corrected chi connectivity index (χ1v) is 8.83. The number of carbonyl (C=O) groups excluding carboxylic acids is 1.